The van der Waals surface area contributed by atoms with Crippen molar-refractivity contribution in [2.24, 2.45) is 10.8 Å². The third-order valence-corrected chi connectivity index (χ3v) is 4.85. The van der Waals surface area contributed by atoms with E-state index >= 15 is 0 Å². The number of hydrogen-bond acceptors (Lipinski definition) is 4. The fourth-order valence-corrected chi connectivity index (χ4v) is 3.42. The Morgan fingerprint density at radius 3 is 2.48 bits per heavy atom. The highest BCUT2D eigenvalue weighted by molar-refractivity contribution is 5.95. The summed E-state index contributed by atoms with van der Waals surface area (Å²) >= 11 is 0. The van der Waals surface area contributed by atoms with Gasteiger partial charge >= 0.3 is 5.97 Å². The summed E-state index contributed by atoms with van der Waals surface area (Å²) < 4.78 is 0. The molecule has 1 unspecified atom stereocenters. The van der Waals surface area contributed by atoms with Crippen LogP contribution in [-0.2, 0) is 11.3 Å². The number of benzene rings is 3. The van der Waals surface area contributed by atoms with Crippen LogP contribution in [0.15, 0.2) is 83.9 Å². The molecule has 158 valence electrons. The molecule has 31 heavy (non-hydrogen) atoms. The number of nitrogens with zero attached hydrogens (tertiary/aromatic N) is 1. The second kappa shape index (κ2) is 10.7. The van der Waals surface area contributed by atoms with Crippen molar-refractivity contribution < 1.29 is 14.7 Å². The van der Waals surface area contributed by atoms with Gasteiger partial charge in [0.25, 0.3) is 5.91 Å². The van der Waals surface area contributed by atoms with E-state index in [-0.39, 0.29) is 24.8 Å². The number of carboxylic acids is 1. The standard InChI is InChI=1S/C24H24N4O3/c25-28-16-27-20-11-6-10-18(13-20)24(31)26-15-19-9-4-5-12-21(19)22(14-23(29)30)17-7-2-1-3-8-17/h1-13,16,22H,14-15,25H2,(H,26,31)(H,27,28)(H,29,30). The van der Waals surface area contributed by atoms with Crippen LogP contribution in [0.2, 0.25) is 0 Å². The van der Waals surface area contributed by atoms with Gasteiger partial charge in [0.1, 0.15) is 6.34 Å². The van der Waals surface area contributed by atoms with Gasteiger partial charge in [-0.2, -0.15) is 0 Å². The summed E-state index contributed by atoms with van der Waals surface area (Å²) in [7, 11) is 0. The van der Waals surface area contributed by atoms with E-state index in [4.69, 9.17) is 5.84 Å². The number of aliphatic imine (C=N–C) groups is 1. The lowest BCUT2D eigenvalue weighted by Crippen LogP contribution is -2.24. The lowest BCUT2D eigenvalue weighted by Gasteiger charge is -2.20. The van der Waals surface area contributed by atoms with Crippen LogP contribution in [0.5, 0.6) is 0 Å². The molecule has 3 aromatic rings. The number of carbonyl (C=O) groups is 2. The van der Waals surface area contributed by atoms with Gasteiger partial charge in [-0.05, 0) is 34.9 Å². The van der Waals surface area contributed by atoms with E-state index in [9.17, 15) is 14.7 Å². The minimum absolute atomic E-state index is 0.0375. The van der Waals surface area contributed by atoms with E-state index in [0.717, 1.165) is 16.7 Å². The van der Waals surface area contributed by atoms with E-state index < -0.39 is 5.97 Å². The van der Waals surface area contributed by atoms with Gasteiger partial charge in [-0.1, -0.05) is 60.7 Å². The summed E-state index contributed by atoms with van der Waals surface area (Å²) in [5.74, 6) is 3.74. The minimum atomic E-state index is -0.878. The van der Waals surface area contributed by atoms with Crippen molar-refractivity contribution >= 4 is 23.9 Å². The molecule has 0 aliphatic heterocycles. The number of hydrogen-bond donors (Lipinski definition) is 4. The summed E-state index contributed by atoms with van der Waals surface area (Å²) in [5.41, 5.74) is 6.05. The number of carboxylic acid groups (broad SMARTS) is 1. The predicted octanol–water partition coefficient (Wildman–Crippen LogP) is 3.35. The van der Waals surface area contributed by atoms with Crippen molar-refractivity contribution in [1.82, 2.24) is 10.7 Å². The van der Waals surface area contributed by atoms with Gasteiger partial charge in [0.2, 0.25) is 0 Å². The van der Waals surface area contributed by atoms with Crippen molar-refractivity contribution in [3.8, 4) is 0 Å². The van der Waals surface area contributed by atoms with Crippen LogP contribution >= 0.6 is 0 Å². The molecule has 0 bridgehead atoms. The number of nitrogens with two attached hydrogens (primary N) is 1. The zero-order valence-corrected chi connectivity index (χ0v) is 16.9. The van der Waals surface area contributed by atoms with Gasteiger partial charge in [0.05, 0.1) is 12.1 Å². The zero-order chi connectivity index (χ0) is 22.1. The molecule has 0 aliphatic rings. The molecule has 0 aromatic heterocycles. The van der Waals surface area contributed by atoms with Gasteiger partial charge in [-0.25, -0.2) is 10.8 Å². The Morgan fingerprint density at radius 2 is 1.74 bits per heavy atom. The molecule has 0 fully saturated rings. The Bertz CT molecular complexity index is 1070. The first kappa shape index (κ1) is 21.7. The lowest BCUT2D eigenvalue weighted by atomic mass is 9.85. The largest absolute Gasteiger partial charge is 0.481 e. The first-order chi connectivity index (χ1) is 15.1. The van der Waals surface area contributed by atoms with Crippen LogP contribution in [0.25, 0.3) is 0 Å². The molecule has 3 rings (SSSR count). The summed E-state index contributed by atoms with van der Waals surface area (Å²) in [6, 6.07) is 24.0. The average Bonchev–Trinajstić information content (AvgIpc) is 2.80. The summed E-state index contributed by atoms with van der Waals surface area (Å²) in [6.07, 6.45) is 1.30. The molecule has 0 aliphatic carbocycles. The van der Waals surface area contributed by atoms with Crippen LogP contribution in [0.1, 0.15) is 39.4 Å². The van der Waals surface area contributed by atoms with Gasteiger partial charge in [0, 0.05) is 18.0 Å². The molecule has 0 spiro atoms. The van der Waals surface area contributed by atoms with E-state index in [1.54, 1.807) is 24.3 Å². The van der Waals surface area contributed by atoms with Gasteiger partial charge < -0.3 is 15.8 Å². The monoisotopic (exact) mass is 416 g/mol. The van der Waals surface area contributed by atoms with Crippen molar-refractivity contribution in [3.05, 3.63) is 101 Å². The SMILES string of the molecule is NNC=Nc1cccc(C(=O)NCc2ccccc2C(CC(=O)O)c2ccccc2)c1. The molecule has 1 atom stereocenters. The maximum absolute atomic E-state index is 12.7. The first-order valence-electron chi connectivity index (χ1n) is 9.80. The number of carbonyl (C=O) groups excluding carboxylic acids is 1. The van der Waals surface area contributed by atoms with E-state index in [1.807, 2.05) is 54.6 Å². The molecule has 3 aromatic carbocycles. The van der Waals surface area contributed by atoms with Crippen LogP contribution in [0.3, 0.4) is 0 Å². The maximum Gasteiger partial charge on any atom is 0.304 e. The molecule has 7 nitrogen and oxygen atoms in total. The summed E-state index contributed by atoms with van der Waals surface area (Å²) in [4.78, 5) is 28.3. The van der Waals surface area contributed by atoms with E-state index in [1.165, 1.54) is 6.34 Å². The topological polar surface area (TPSA) is 117 Å². The minimum Gasteiger partial charge on any atom is -0.481 e. The number of nitrogens with one attached hydrogen (secondary N) is 2. The summed E-state index contributed by atoms with van der Waals surface area (Å²) in [6.45, 7) is 0.274. The van der Waals surface area contributed by atoms with Gasteiger partial charge in [0.15, 0.2) is 0 Å². The lowest BCUT2D eigenvalue weighted by molar-refractivity contribution is -0.137. The Morgan fingerprint density at radius 1 is 1.00 bits per heavy atom. The molecule has 1 amide bonds. The highest BCUT2D eigenvalue weighted by Crippen LogP contribution is 2.30. The van der Waals surface area contributed by atoms with Crippen LogP contribution in [0, 0.1) is 0 Å². The fourth-order valence-electron chi connectivity index (χ4n) is 3.42. The summed E-state index contributed by atoms with van der Waals surface area (Å²) in [5, 5.41) is 12.4. The van der Waals surface area contributed by atoms with Crippen LogP contribution in [0.4, 0.5) is 5.69 Å². The fraction of sp³-hybridized carbons (Fsp3) is 0.125. The van der Waals surface area contributed by atoms with Gasteiger partial charge in [-0.15, -0.1) is 0 Å². The van der Waals surface area contributed by atoms with Crippen LogP contribution in [-0.4, -0.2) is 23.3 Å². The van der Waals surface area contributed by atoms with Crippen molar-refractivity contribution in [2.75, 3.05) is 0 Å². The molecule has 0 saturated heterocycles. The van der Waals surface area contributed by atoms with E-state index in [2.05, 4.69) is 15.7 Å². The molecule has 7 heteroatoms. The van der Waals surface area contributed by atoms with Crippen molar-refractivity contribution in [3.63, 3.8) is 0 Å². The van der Waals surface area contributed by atoms with Gasteiger partial charge in [-0.3, -0.25) is 9.59 Å². The smallest absolute Gasteiger partial charge is 0.304 e. The molecule has 0 heterocycles. The predicted molar refractivity (Wildman–Crippen MR) is 120 cm³/mol. The molecule has 0 saturated carbocycles. The number of aliphatic carboxylic acids is 1. The second-order valence-electron chi connectivity index (χ2n) is 6.92. The highest BCUT2D eigenvalue weighted by Gasteiger charge is 2.20. The van der Waals surface area contributed by atoms with E-state index in [0.29, 0.717) is 11.3 Å². The first-order valence-corrected chi connectivity index (χ1v) is 9.80. The third kappa shape index (κ3) is 6.01. The molecular formula is C24H24N4O3. The normalized spacial score (nSPS) is 11.8. The molecule has 0 radical (unpaired) electrons. The molecule has 5 N–H and O–H groups in total. The Kier molecular flexibility index (Phi) is 7.50. The molecular weight excluding hydrogens is 392 g/mol. The Hall–Kier alpha value is -3.97. The maximum atomic E-state index is 12.7. The third-order valence-electron chi connectivity index (χ3n) is 4.85. The number of hydrazine groups is 1. The van der Waals surface area contributed by atoms with Crippen molar-refractivity contribution in [2.45, 2.75) is 18.9 Å². The number of amides is 1. The Labute approximate surface area is 180 Å². The van der Waals surface area contributed by atoms with Crippen LogP contribution < -0.4 is 16.6 Å². The number of rotatable bonds is 9. The quantitative estimate of drug-likeness (QED) is 0.185. The Balaban J connectivity index is 1.81. The second-order valence-corrected chi connectivity index (χ2v) is 6.92. The van der Waals surface area contributed by atoms with Crippen molar-refractivity contribution in [1.29, 1.82) is 0 Å². The average molecular weight is 416 g/mol. The highest BCUT2D eigenvalue weighted by atomic mass is 16.4. The zero-order valence-electron chi connectivity index (χ0n) is 16.9.